The van der Waals surface area contributed by atoms with Gasteiger partial charge in [-0.15, -0.1) is 0 Å². The highest BCUT2D eigenvalue weighted by Crippen LogP contribution is 2.40. The Hall–Kier alpha value is -11.4. The Morgan fingerprint density at radius 2 is 0.775 bits per heavy atom. The molecule has 3 aromatic heterocycles. The minimum atomic E-state index is -0.786. The number of nitrogen functional groups attached to an aromatic ring is 1. The van der Waals surface area contributed by atoms with Crippen LogP contribution in [0.4, 0.5) is 17.5 Å². The Morgan fingerprint density at radius 3 is 1.11 bits per heavy atom. The van der Waals surface area contributed by atoms with Crippen molar-refractivity contribution in [3.05, 3.63) is 212 Å². The van der Waals surface area contributed by atoms with E-state index in [1.165, 1.54) is 12.8 Å². The lowest BCUT2D eigenvalue weighted by Gasteiger charge is -2.26. The van der Waals surface area contributed by atoms with Crippen molar-refractivity contribution in [2.75, 3.05) is 22.9 Å². The number of anilines is 3. The van der Waals surface area contributed by atoms with Crippen molar-refractivity contribution in [1.82, 2.24) is 45.3 Å². The first kappa shape index (κ1) is 73.4. The summed E-state index contributed by atoms with van der Waals surface area (Å²) < 4.78 is 5.55. The van der Waals surface area contributed by atoms with Crippen molar-refractivity contribution in [1.29, 1.82) is 0 Å². The van der Waals surface area contributed by atoms with E-state index < -0.39 is 23.7 Å². The second-order valence-corrected chi connectivity index (χ2v) is 26.8. The van der Waals surface area contributed by atoms with Crippen molar-refractivity contribution >= 4 is 58.9 Å². The van der Waals surface area contributed by atoms with Crippen LogP contribution in [0.25, 0.3) is 33.8 Å². The molecule has 3 saturated carbocycles. The van der Waals surface area contributed by atoms with E-state index in [2.05, 4.69) is 31.7 Å². The van der Waals surface area contributed by atoms with E-state index in [1.54, 1.807) is 10.7 Å². The number of aryl methyl sites for hydroxylation is 3. The molecule has 0 saturated heterocycles. The smallest absolute Gasteiger partial charge is 0.306 e. The molecule has 0 atom stereocenters. The molecule has 0 unspecified atom stereocenters. The number of aromatic nitrogens is 6. The number of benzene rings is 6. The fraction of sp³-hybridized carbons (Fsp3) is 0.342. The molecular weight excluding hydrogens is 1290 g/mol. The molecule has 3 heterocycles. The Bertz CT molecular complexity index is 4480. The largest absolute Gasteiger partial charge is 0.481 e. The number of nitrogens with one attached hydrogen (secondary N) is 5. The summed E-state index contributed by atoms with van der Waals surface area (Å²) in [5.74, 6) is -1.53. The zero-order chi connectivity index (χ0) is 72.7. The number of rotatable bonds is 23. The van der Waals surface area contributed by atoms with Gasteiger partial charge in [-0.3, -0.25) is 33.6 Å². The first-order chi connectivity index (χ1) is 49.1. The zero-order valence-corrected chi connectivity index (χ0v) is 58.9. The van der Waals surface area contributed by atoms with Crippen molar-refractivity contribution in [2.24, 2.45) is 23.1 Å². The van der Waals surface area contributed by atoms with Gasteiger partial charge in [-0.25, -0.2) is 14.0 Å². The Morgan fingerprint density at radius 1 is 0.451 bits per heavy atom. The monoisotopic (exact) mass is 1380 g/mol. The van der Waals surface area contributed by atoms with Gasteiger partial charge in [0.05, 0.1) is 24.0 Å². The standard InChI is InChI=1S/C27H33N5O2.C26H29N5O4.C26H31N5O2/c1-17(2)30-26-23(25(28)33)24(31-32(26)21-9-5-6-10-21)20-14-12-19(13-15-20)16-29-27(34)22-11-7-4-8-18(22)3;1-15-4-2-3-5-20(15)25(33)29-14-16-6-8-17(9-7-16)22-21(24(28)32)23(27)31(30-22)19-12-10-18(11-13-19)26(34)35;1-3-28-25-22(24(27)32)23(30-31(25)20-9-5-6-10-20)19-14-12-18(13-15-19)16-29-26(33)21-11-7-4-8-17(21)2/h4,7-8,11-15,17,21,30H,5-6,9-10,16H2,1-3H3,(H2,28,33)(H,29,34);2-9,18-19H,10-14,27H2,1H3,(H2,28,32)(H,29,33)(H,34,35);4,7-8,11-15,20,28H,3,5-6,9-10,16H2,1-2H3,(H2,27,32)(H,29,33). The van der Waals surface area contributed by atoms with E-state index in [1.807, 2.05) is 190 Å². The summed E-state index contributed by atoms with van der Waals surface area (Å²) in [4.78, 5) is 85.9. The first-order valence-electron chi connectivity index (χ1n) is 35.1. The summed E-state index contributed by atoms with van der Waals surface area (Å²) in [6.45, 7) is 13.7. The minimum absolute atomic E-state index is 0.0895. The Labute approximate surface area is 594 Å². The number of carbonyl (C=O) groups excluding carboxylic acids is 6. The van der Waals surface area contributed by atoms with Crippen LogP contribution in [0.5, 0.6) is 0 Å². The van der Waals surface area contributed by atoms with Crippen LogP contribution in [0.2, 0.25) is 0 Å². The van der Waals surface area contributed by atoms with Gasteiger partial charge in [0.15, 0.2) is 0 Å². The van der Waals surface area contributed by atoms with E-state index in [0.29, 0.717) is 114 Å². The van der Waals surface area contributed by atoms with Gasteiger partial charge in [-0.2, -0.15) is 15.3 Å². The van der Waals surface area contributed by atoms with Crippen LogP contribution in [-0.2, 0) is 24.4 Å². The first-order valence-corrected chi connectivity index (χ1v) is 35.1. The maximum atomic E-state index is 12.5. The summed E-state index contributed by atoms with van der Waals surface area (Å²) in [5, 5.41) is 39.2. The van der Waals surface area contributed by atoms with Crippen LogP contribution < -0.4 is 49.5 Å². The van der Waals surface area contributed by atoms with Gasteiger partial charge >= 0.3 is 5.97 Å². The Kier molecular flexibility index (Phi) is 24.2. The predicted octanol–water partition coefficient (Wildman–Crippen LogP) is 12.5. The third-order valence-electron chi connectivity index (χ3n) is 19.2. The summed E-state index contributed by atoms with van der Waals surface area (Å²) >= 11 is 0. The van der Waals surface area contributed by atoms with Crippen molar-refractivity contribution in [3.63, 3.8) is 0 Å². The quantitative estimate of drug-likeness (QED) is 0.0285. The number of primary amides is 3. The number of hydrogen-bond donors (Lipinski definition) is 10. The van der Waals surface area contributed by atoms with Crippen molar-refractivity contribution in [3.8, 4) is 33.8 Å². The highest BCUT2D eigenvalue weighted by Gasteiger charge is 2.33. The van der Waals surface area contributed by atoms with Crippen molar-refractivity contribution < 1.29 is 38.7 Å². The van der Waals surface area contributed by atoms with Gasteiger partial charge < -0.3 is 54.6 Å². The molecule has 3 aliphatic carbocycles. The van der Waals surface area contributed by atoms with Crippen LogP contribution in [0, 0.1) is 26.7 Å². The number of carboxylic acid groups (broad SMARTS) is 1. The third kappa shape index (κ3) is 17.4. The summed E-state index contributed by atoms with van der Waals surface area (Å²) in [6.07, 6.45) is 11.1. The SMILES string of the molecule is CCNc1c(C(N)=O)c(-c2ccc(CNC(=O)c3ccccc3C)cc2)nn1C1CCCC1.Cc1ccccc1C(=O)NCc1ccc(-c2nn(C3CCC(C(=O)O)CC3)c(N)c2C(N)=O)cc1.Cc1ccccc1C(=O)NCc1ccc(-c2nn(C3CCCC3)c(NC(C)C)c2C(N)=O)cc1. The summed E-state index contributed by atoms with van der Waals surface area (Å²) in [5.41, 5.74) is 36.1. The molecule has 6 aromatic carbocycles. The lowest BCUT2D eigenvalue weighted by Crippen LogP contribution is -2.25. The minimum Gasteiger partial charge on any atom is -0.481 e. The van der Waals surface area contributed by atoms with Crippen LogP contribution in [0.3, 0.4) is 0 Å². The third-order valence-corrected chi connectivity index (χ3v) is 19.2. The fourth-order valence-corrected chi connectivity index (χ4v) is 13.7. The maximum absolute atomic E-state index is 12.5. The number of carboxylic acids is 1. The molecule has 23 heteroatoms. The van der Waals surface area contributed by atoms with E-state index in [9.17, 15) is 38.7 Å². The fourth-order valence-electron chi connectivity index (χ4n) is 13.7. The topological polar surface area (TPSA) is 357 Å². The lowest BCUT2D eigenvalue weighted by molar-refractivity contribution is -0.143. The molecule has 0 spiro atoms. The van der Waals surface area contributed by atoms with E-state index in [-0.39, 0.29) is 59.2 Å². The second-order valence-electron chi connectivity index (χ2n) is 26.8. The summed E-state index contributed by atoms with van der Waals surface area (Å²) in [7, 11) is 0. The van der Waals surface area contributed by atoms with Gasteiger partial charge in [-0.05, 0) is 144 Å². The molecule has 0 radical (unpaired) electrons. The molecule has 532 valence electrons. The molecule has 12 rings (SSSR count). The molecule has 102 heavy (non-hydrogen) atoms. The highest BCUT2D eigenvalue weighted by molar-refractivity contribution is 6.05. The molecule has 6 amide bonds. The van der Waals surface area contributed by atoms with E-state index >= 15 is 0 Å². The molecule has 3 aliphatic rings. The number of aliphatic carboxylic acids is 1. The van der Waals surface area contributed by atoms with Crippen LogP contribution >= 0.6 is 0 Å². The van der Waals surface area contributed by atoms with Gasteiger partial charge in [0.2, 0.25) is 0 Å². The number of nitrogens with zero attached hydrogens (tertiary/aromatic N) is 6. The zero-order valence-electron chi connectivity index (χ0n) is 58.9. The molecule has 9 aromatic rings. The number of nitrogens with two attached hydrogens (primary N) is 4. The average molecular weight is 1380 g/mol. The molecular formula is C79H93N15O8. The van der Waals surface area contributed by atoms with E-state index in [4.69, 9.17) is 33.1 Å². The molecule has 0 bridgehead atoms. The number of carbonyl (C=O) groups is 7. The van der Waals surface area contributed by atoms with Gasteiger partial charge in [-0.1, -0.05) is 153 Å². The predicted molar refractivity (Wildman–Crippen MR) is 397 cm³/mol. The highest BCUT2D eigenvalue weighted by atomic mass is 16.4. The molecule has 0 aliphatic heterocycles. The average Bonchev–Trinajstić information content (AvgIpc) is 1.64. The maximum Gasteiger partial charge on any atom is 0.306 e. The molecule has 23 nitrogen and oxygen atoms in total. The normalized spacial score (nSPS) is 15.1. The number of amides is 6. The molecule has 14 N–H and O–H groups in total. The van der Waals surface area contributed by atoms with Crippen LogP contribution in [-0.4, -0.2) is 88.4 Å². The van der Waals surface area contributed by atoms with Gasteiger partial charge in [0, 0.05) is 65.6 Å². The van der Waals surface area contributed by atoms with Crippen LogP contribution in [0.1, 0.15) is 211 Å². The summed E-state index contributed by atoms with van der Waals surface area (Å²) in [6, 6.07) is 45.9. The van der Waals surface area contributed by atoms with Gasteiger partial charge in [0.25, 0.3) is 35.4 Å². The lowest BCUT2D eigenvalue weighted by atomic mass is 9.86. The molecule has 3 fully saturated rings. The Balaban J connectivity index is 0.000000165. The number of hydrogen-bond acceptors (Lipinski definition) is 13. The van der Waals surface area contributed by atoms with E-state index in [0.717, 1.165) is 83.0 Å². The second kappa shape index (κ2) is 33.7. The van der Waals surface area contributed by atoms with Crippen molar-refractivity contribution in [2.45, 2.75) is 162 Å². The van der Waals surface area contributed by atoms with Gasteiger partial charge in [0.1, 0.15) is 51.2 Å². The van der Waals surface area contributed by atoms with Crippen LogP contribution in [0.15, 0.2) is 146 Å².